The van der Waals surface area contributed by atoms with E-state index in [1.54, 1.807) is 0 Å². The van der Waals surface area contributed by atoms with Crippen molar-refractivity contribution in [3.63, 3.8) is 0 Å². The molecule has 31 heavy (non-hydrogen) atoms. The first kappa shape index (κ1) is 20.6. The summed E-state index contributed by atoms with van der Waals surface area (Å²) in [4.78, 5) is 5.06. The van der Waals surface area contributed by atoms with Gasteiger partial charge in [0.1, 0.15) is 0 Å². The Morgan fingerprint density at radius 1 is 0.903 bits per heavy atom. The van der Waals surface area contributed by atoms with E-state index in [1.165, 1.54) is 24.0 Å². The van der Waals surface area contributed by atoms with Crippen molar-refractivity contribution in [1.82, 2.24) is 30.0 Å². The third-order valence-corrected chi connectivity index (χ3v) is 6.89. The van der Waals surface area contributed by atoms with Gasteiger partial charge in [0.15, 0.2) is 5.82 Å². The normalized spacial score (nSPS) is 19.6. The van der Waals surface area contributed by atoms with Crippen LogP contribution in [0.5, 0.6) is 0 Å². The lowest BCUT2D eigenvalue weighted by molar-refractivity contribution is 0.0993. The van der Waals surface area contributed by atoms with Crippen molar-refractivity contribution >= 4 is 11.6 Å². The molecule has 1 atom stereocenters. The summed E-state index contributed by atoms with van der Waals surface area (Å²) in [6.07, 6.45) is 4.84. The largest absolute Gasteiger partial charge is 0.297 e. The van der Waals surface area contributed by atoms with Crippen molar-refractivity contribution in [3.05, 3.63) is 76.6 Å². The Kier molecular flexibility index (Phi) is 6.30. The predicted octanol–water partition coefficient (Wildman–Crippen LogP) is 4.35. The number of rotatable bonds is 6. The summed E-state index contributed by atoms with van der Waals surface area (Å²) in [5.74, 6) is 0.964. The van der Waals surface area contributed by atoms with Crippen LogP contribution < -0.4 is 0 Å². The highest BCUT2D eigenvalue weighted by molar-refractivity contribution is 6.30. The molecule has 0 spiro atoms. The van der Waals surface area contributed by atoms with E-state index in [1.807, 2.05) is 12.1 Å². The molecule has 6 nitrogen and oxygen atoms in total. The molecule has 0 N–H and O–H groups in total. The van der Waals surface area contributed by atoms with E-state index >= 15 is 0 Å². The van der Waals surface area contributed by atoms with Crippen molar-refractivity contribution in [3.8, 4) is 0 Å². The number of nitrogens with zero attached hydrogens (tertiary/aromatic N) is 6. The number of tetrazole rings is 1. The molecular weight excluding hydrogens is 408 g/mol. The van der Waals surface area contributed by atoms with Gasteiger partial charge in [0.2, 0.25) is 0 Å². The maximum Gasteiger partial charge on any atom is 0.173 e. The molecule has 1 aliphatic carbocycles. The van der Waals surface area contributed by atoms with E-state index in [2.05, 4.69) is 72.5 Å². The maximum absolute atomic E-state index is 6.19. The molecule has 0 amide bonds. The van der Waals surface area contributed by atoms with Gasteiger partial charge >= 0.3 is 0 Å². The molecule has 2 fully saturated rings. The molecule has 0 bridgehead atoms. The zero-order chi connectivity index (χ0) is 21.0. The van der Waals surface area contributed by atoms with Crippen molar-refractivity contribution in [2.75, 3.05) is 26.2 Å². The van der Waals surface area contributed by atoms with E-state index in [4.69, 9.17) is 11.6 Å². The van der Waals surface area contributed by atoms with Crippen LogP contribution in [0, 0.1) is 0 Å². The lowest BCUT2D eigenvalue weighted by Gasteiger charge is -2.39. The van der Waals surface area contributed by atoms with Gasteiger partial charge in [-0.15, -0.1) is 5.10 Å². The minimum Gasteiger partial charge on any atom is -0.297 e. The molecule has 2 aromatic carbocycles. The average Bonchev–Trinajstić information content (AvgIpc) is 3.49. The Morgan fingerprint density at radius 3 is 2.32 bits per heavy atom. The summed E-state index contributed by atoms with van der Waals surface area (Å²) in [7, 11) is 0. The minimum absolute atomic E-state index is 0.0479. The third-order valence-electron chi connectivity index (χ3n) is 6.64. The molecule has 3 aromatic rings. The quantitative estimate of drug-likeness (QED) is 0.575. The summed E-state index contributed by atoms with van der Waals surface area (Å²) < 4.78 is 2.10. The SMILES string of the molecule is Clc1ccc(C(c2nnnn2C2CCCC2)N2CCN(Cc3ccccc3)CC2)cc1. The smallest absolute Gasteiger partial charge is 0.173 e. The lowest BCUT2D eigenvalue weighted by atomic mass is 10.0. The zero-order valence-corrected chi connectivity index (χ0v) is 18.5. The Bertz CT molecular complexity index is 959. The van der Waals surface area contributed by atoms with Gasteiger partial charge in [0.05, 0.1) is 12.1 Å². The topological polar surface area (TPSA) is 50.1 Å². The monoisotopic (exact) mass is 436 g/mol. The van der Waals surface area contributed by atoms with Gasteiger partial charge in [0, 0.05) is 37.7 Å². The van der Waals surface area contributed by atoms with Crippen LogP contribution in [0.25, 0.3) is 0 Å². The van der Waals surface area contributed by atoms with Crippen LogP contribution in [0.15, 0.2) is 54.6 Å². The Morgan fingerprint density at radius 2 is 1.61 bits per heavy atom. The lowest BCUT2D eigenvalue weighted by Crippen LogP contribution is -2.48. The number of hydrogen-bond donors (Lipinski definition) is 0. The first-order valence-electron chi connectivity index (χ1n) is 11.3. The molecule has 1 aliphatic heterocycles. The summed E-state index contributed by atoms with van der Waals surface area (Å²) in [6.45, 7) is 5.03. The van der Waals surface area contributed by atoms with Crippen LogP contribution in [0.3, 0.4) is 0 Å². The van der Waals surface area contributed by atoms with E-state index in [9.17, 15) is 0 Å². The Hall–Kier alpha value is -2.28. The number of halogens is 1. The molecule has 2 heterocycles. The molecule has 1 aromatic heterocycles. The van der Waals surface area contributed by atoms with Gasteiger partial charge < -0.3 is 0 Å². The van der Waals surface area contributed by atoms with Gasteiger partial charge in [-0.3, -0.25) is 9.80 Å². The van der Waals surface area contributed by atoms with Crippen LogP contribution in [0.2, 0.25) is 5.02 Å². The molecular formula is C24H29ClN6. The Labute approximate surface area is 188 Å². The first-order valence-corrected chi connectivity index (χ1v) is 11.7. The second-order valence-electron chi connectivity index (χ2n) is 8.67. The molecule has 7 heteroatoms. The minimum atomic E-state index is 0.0479. The highest BCUT2D eigenvalue weighted by Gasteiger charge is 2.33. The maximum atomic E-state index is 6.19. The highest BCUT2D eigenvalue weighted by Crippen LogP contribution is 2.34. The Balaban J connectivity index is 1.37. The fourth-order valence-corrected chi connectivity index (χ4v) is 5.10. The molecule has 1 saturated carbocycles. The molecule has 5 rings (SSSR count). The fraction of sp³-hybridized carbons (Fsp3) is 0.458. The van der Waals surface area contributed by atoms with Gasteiger partial charge in [-0.1, -0.05) is 66.9 Å². The van der Waals surface area contributed by atoms with Crippen LogP contribution in [-0.4, -0.2) is 56.2 Å². The first-order chi connectivity index (χ1) is 15.3. The van der Waals surface area contributed by atoms with Crippen LogP contribution in [0.1, 0.15) is 54.7 Å². The van der Waals surface area contributed by atoms with E-state index < -0.39 is 0 Å². The van der Waals surface area contributed by atoms with Crippen LogP contribution >= 0.6 is 11.6 Å². The average molecular weight is 437 g/mol. The predicted molar refractivity (Wildman–Crippen MR) is 122 cm³/mol. The van der Waals surface area contributed by atoms with Crippen molar-refractivity contribution in [2.24, 2.45) is 0 Å². The zero-order valence-electron chi connectivity index (χ0n) is 17.8. The number of aromatic nitrogens is 4. The summed E-state index contributed by atoms with van der Waals surface area (Å²) in [5, 5.41) is 13.8. The summed E-state index contributed by atoms with van der Waals surface area (Å²) in [5.41, 5.74) is 2.57. The molecule has 162 valence electrons. The number of piperazine rings is 1. The highest BCUT2D eigenvalue weighted by atomic mass is 35.5. The van der Waals surface area contributed by atoms with Gasteiger partial charge in [-0.05, 0) is 46.5 Å². The summed E-state index contributed by atoms with van der Waals surface area (Å²) in [6, 6.07) is 19.4. The standard InChI is InChI=1S/C24H29ClN6/c25-21-12-10-20(11-13-21)23(24-26-27-28-31(24)22-8-4-5-9-22)30-16-14-29(15-17-30)18-19-6-2-1-3-7-19/h1-3,6-7,10-13,22-23H,4-5,8-9,14-18H2. The van der Waals surface area contributed by atoms with E-state index in [0.717, 1.165) is 56.4 Å². The van der Waals surface area contributed by atoms with Crippen molar-refractivity contribution in [2.45, 2.75) is 44.3 Å². The number of hydrogen-bond acceptors (Lipinski definition) is 5. The van der Waals surface area contributed by atoms with Gasteiger partial charge in [-0.25, -0.2) is 4.68 Å². The van der Waals surface area contributed by atoms with Crippen molar-refractivity contribution < 1.29 is 0 Å². The fourth-order valence-electron chi connectivity index (χ4n) is 4.98. The third kappa shape index (κ3) is 4.66. The summed E-state index contributed by atoms with van der Waals surface area (Å²) >= 11 is 6.19. The van der Waals surface area contributed by atoms with Crippen molar-refractivity contribution in [1.29, 1.82) is 0 Å². The molecule has 1 saturated heterocycles. The molecule has 0 radical (unpaired) electrons. The second-order valence-corrected chi connectivity index (χ2v) is 9.11. The second kappa shape index (κ2) is 9.47. The van der Waals surface area contributed by atoms with Crippen LogP contribution in [0.4, 0.5) is 0 Å². The number of benzene rings is 2. The van der Waals surface area contributed by atoms with Gasteiger partial charge in [0.25, 0.3) is 0 Å². The van der Waals surface area contributed by atoms with E-state index in [0.29, 0.717) is 6.04 Å². The van der Waals surface area contributed by atoms with Gasteiger partial charge in [-0.2, -0.15) is 0 Å². The van der Waals surface area contributed by atoms with Crippen LogP contribution in [-0.2, 0) is 6.54 Å². The molecule has 2 aliphatic rings. The molecule has 1 unspecified atom stereocenters. The van der Waals surface area contributed by atoms with E-state index in [-0.39, 0.29) is 6.04 Å².